The topological polar surface area (TPSA) is 76.2 Å². The van der Waals surface area contributed by atoms with Crippen LogP contribution in [0.3, 0.4) is 0 Å². The number of amides is 4. The second-order valence-electron chi connectivity index (χ2n) is 9.99. The van der Waals surface area contributed by atoms with Gasteiger partial charge in [0.25, 0.3) is 0 Å². The van der Waals surface area contributed by atoms with Gasteiger partial charge in [0, 0.05) is 26.6 Å². The highest BCUT2D eigenvalue weighted by molar-refractivity contribution is 5.91. The zero-order valence-electron chi connectivity index (χ0n) is 22.0. The Morgan fingerprint density at radius 2 is 1.57 bits per heavy atom. The highest BCUT2D eigenvalue weighted by Gasteiger charge is 2.50. The van der Waals surface area contributed by atoms with Gasteiger partial charge in [-0.1, -0.05) is 93.3 Å². The molecule has 2 atom stereocenters. The molecule has 1 N–H and O–H groups in total. The van der Waals surface area contributed by atoms with Gasteiger partial charge in [-0.25, -0.2) is 14.8 Å². The Morgan fingerprint density at radius 3 is 2.24 bits per heavy atom. The first-order valence-electron chi connectivity index (χ1n) is 13.5. The fourth-order valence-corrected chi connectivity index (χ4v) is 5.30. The molecule has 4 amide bonds. The molecule has 8 nitrogen and oxygen atoms in total. The molecule has 0 aromatic heterocycles. The number of hydrogen-bond donors (Lipinski definition) is 1. The quantitative estimate of drug-likeness (QED) is 0.501. The second-order valence-corrected chi connectivity index (χ2v) is 9.99. The van der Waals surface area contributed by atoms with E-state index in [2.05, 4.69) is 12.2 Å². The zero-order chi connectivity index (χ0) is 26.2. The fraction of sp³-hybridized carbons (Fsp3) is 0.483. The molecule has 2 saturated heterocycles. The van der Waals surface area contributed by atoms with Crippen molar-refractivity contribution < 1.29 is 14.4 Å². The third kappa shape index (κ3) is 6.49. The van der Waals surface area contributed by atoms with Crippen LogP contribution >= 0.6 is 0 Å². The number of carbonyl (C=O) groups excluding carboxylic acids is 3. The number of fused-ring (bicyclic) bond motifs is 1. The van der Waals surface area contributed by atoms with Gasteiger partial charge in [0.1, 0.15) is 12.2 Å². The van der Waals surface area contributed by atoms with E-state index < -0.39 is 12.2 Å². The smallest absolute Gasteiger partial charge is 0.334 e. The SMILES string of the molecule is CCCCCCCN1C[C@H]2N(C(=O)CN(C)N2C(=O)NCc2ccccc2)[C@@H](Cc2ccccc2)C1=O. The van der Waals surface area contributed by atoms with Gasteiger partial charge in [-0.2, -0.15) is 0 Å². The van der Waals surface area contributed by atoms with E-state index in [-0.39, 0.29) is 24.4 Å². The van der Waals surface area contributed by atoms with E-state index in [1.807, 2.05) is 65.6 Å². The van der Waals surface area contributed by atoms with E-state index >= 15 is 0 Å². The number of carbonyl (C=O) groups is 3. The summed E-state index contributed by atoms with van der Waals surface area (Å²) in [5, 5.41) is 6.31. The van der Waals surface area contributed by atoms with Crippen molar-refractivity contribution in [3.05, 3.63) is 71.8 Å². The van der Waals surface area contributed by atoms with Crippen LogP contribution in [0, 0.1) is 0 Å². The van der Waals surface area contributed by atoms with Gasteiger partial charge in [0.2, 0.25) is 11.8 Å². The Hall–Kier alpha value is -3.39. The standard InChI is InChI=1S/C29H39N5O3/c1-3-4-5-6-13-18-32-21-26-33(25(28(32)36)19-23-14-9-7-10-15-23)27(35)22-31(2)34(26)29(37)30-20-24-16-11-8-12-17-24/h7-12,14-17,25-26H,3-6,13,18-22H2,1-2H3,(H,30,37)/t25-,26-/m0/s1. The van der Waals surface area contributed by atoms with Crippen molar-refractivity contribution >= 4 is 17.8 Å². The van der Waals surface area contributed by atoms with E-state index in [1.165, 1.54) is 12.8 Å². The maximum absolute atomic E-state index is 13.7. The largest absolute Gasteiger partial charge is 0.337 e. The minimum Gasteiger partial charge on any atom is -0.337 e. The Bertz CT molecular complexity index is 1050. The van der Waals surface area contributed by atoms with E-state index in [0.717, 1.165) is 30.4 Å². The third-order valence-electron chi connectivity index (χ3n) is 7.24. The molecule has 4 rings (SSSR count). The first-order valence-corrected chi connectivity index (χ1v) is 13.5. The van der Waals surface area contributed by atoms with Crippen LogP contribution in [0.5, 0.6) is 0 Å². The third-order valence-corrected chi connectivity index (χ3v) is 7.24. The highest BCUT2D eigenvalue weighted by atomic mass is 16.2. The number of nitrogens with one attached hydrogen (secondary N) is 1. The Labute approximate surface area is 220 Å². The molecule has 198 valence electrons. The average Bonchev–Trinajstić information content (AvgIpc) is 2.90. The van der Waals surface area contributed by atoms with Gasteiger partial charge in [-0.3, -0.25) is 9.59 Å². The Balaban J connectivity index is 1.56. The van der Waals surface area contributed by atoms with Crippen molar-refractivity contribution in [3.63, 3.8) is 0 Å². The van der Waals surface area contributed by atoms with Crippen LogP contribution in [0.4, 0.5) is 4.79 Å². The van der Waals surface area contributed by atoms with Gasteiger partial charge < -0.3 is 15.1 Å². The molecule has 2 aliphatic rings. The van der Waals surface area contributed by atoms with Crippen LogP contribution in [-0.2, 0) is 22.6 Å². The predicted octanol–water partition coefficient (Wildman–Crippen LogP) is 3.64. The maximum atomic E-state index is 13.7. The number of piperazine rings is 1. The predicted molar refractivity (Wildman–Crippen MR) is 143 cm³/mol. The molecular weight excluding hydrogens is 466 g/mol. The maximum Gasteiger partial charge on any atom is 0.334 e. The van der Waals surface area contributed by atoms with E-state index in [1.54, 1.807) is 22.0 Å². The van der Waals surface area contributed by atoms with Crippen LogP contribution in [0.2, 0.25) is 0 Å². The van der Waals surface area contributed by atoms with Crippen LogP contribution in [0.25, 0.3) is 0 Å². The summed E-state index contributed by atoms with van der Waals surface area (Å²) in [6.07, 6.45) is 5.37. The van der Waals surface area contributed by atoms with E-state index in [4.69, 9.17) is 0 Å². The Morgan fingerprint density at radius 1 is 0.919 bits per heavy atom. The molecule has 0 radical (unpaired) electrons. The number of unbranched alkanes of at least 4 members (excludes halogenated alkanes) is 4. The monoisotopic (exact) mass is 505 g/mol. The summed E-state index contributed by atoms with van der Waals surface area (Å²) in [6, 6.07) is 18.6. The van der Waals surface area contributed by atoms with Crippen molar-refractivity contribution in [2.45, 2.75) is 64.2 Å². The first-order chi connectivity index (χ1) is 18.0. The lowest BCUT2D eigenvalue weighted by Gasteiger charge is -2.54. The number of hydrogen-bond acceptors (Lipinski definition) is 4. The molecule has 0 bridgehead atoms. The van der Waals surface area contributed by atoms with Crippen LogP contribution < -0.4 is 5.32 Å². The molecule has 2 fully saturated rings. The molecule has 0 spiro atoms. The Kier molecular flexibility index (Phi) is 9.17. The summed E-state index contributed by atoms with van der Waals surface area (Å²) in [5.41, 5.74) is 1.99. The molecule has 2 aromatic rings. The van der Waals surface area contributed by atoms with Crippen molar-refractivity contribution in [1.29, 1.82) is 0 Å². The number of urea groups is 1. The lowest BCUT2D eigenvalue weighted by molar-refractivity contribution is -0.186. The number of benzene rings is 2. The van der Waals surface area contributed by atoms with Gasteiger partial charge >= 0.3 is 6.03 Å². The van der Waals surface area contributed by atoms with Gasteiger partial charge in [-0.05, 0) is 17.5 Å². The minimum absolute atomic E-state index is 0.0295. The molecule has 2 aliphatic heterocycles. The van der Waals surface area contributed by atoms with Crippen molar-refractivity contribution in [1.82, 2.24) is 25.1 Å². The average molecular weight is 506 g/mol. The summed E-state index contributed by atoms with van der Waals surface area (Å²) in [5.74, 6) is -0.158. The van der Waals surface area contributed by atoms with Crippen molar-refractivity contribution in [3.8, 4) is 0 Å². The molecule has 2 aromatic carbocycles. The summed E-state index contributed by atoms with van der Waals surface area (Å²) < 4.78 is 0. The lowest BCUT2D eigenvalue weighted by Crippen LogP contribution is -2.76. The molecule has 0 aliphatic carbocycles. The summed E-state index contributed by atoms with van der Waals surface area (Å²) in [6.45, 7) is 3.57. The molecular formula is C29H39N5O3. The van der Waals surface area contributed by atoms with Gasteiger partial charge in [0.15, 0.2) is 0 Å². The van der Waals surface area contributed by atoms with E-state index in [9.17, 15) is 14.4 Å². The summed E-state index contributed by atoms with van der Waals surface area (Å²) in [4.78, 5) is 44.0. The molecule has 37 heavy (non-hydrogen) atoms. The number of likely N-dealkylation sites (N-methyl/N-ethyl adjacent to an activating group) is 1. The highest BCUT2D eigenvalue weighted by Crippen LogP contribution is 2.28. The molecule has 0 unspecified atom stereocenters. The zero-order valence-corrected chi connectivity index (χ0v) is 22.0. The summed E-state index contributed by atoms with van der Waals surface area (Å²) >= 11 is 0. The normalized spacial score (nSPS) is 20.2. The lowest BCUT2D eigenvalue weighted by atomic mass is 9.98. The minimum atomic E-state index is -0.637. The number of hydrazine groups is 1. The van der Waals surface area contributed by atoms with E-state index in [0.29, 0.717) is 26.1 Å². The van der Waals surface area contributed by atoms with Crippen LogP contribution in [0.15, 0.2) is 60.7 Å². The molecule has 8 heteroatoms. The van der Waals surface area contributed by atoms with Gasteiger partial charge in [-0.15, -0.1) is 0 Å². The van der Waals surface area contributed by atoms with Crippen LogP contribution in [0.1, 0.15) is 50.2 Å². The van der Waals surface area contributed by atoms with Crippen molar-refractivity contribution in [2.75, 3.05) is 26.7 Å². The van der Waals surface area contributed by atoms with Crippen molar-refractivity contribution in [2.24, 2.45) is 0 Å². The van der Waals surface area contributed by atoms with Crippen LogP contribution in [-0.4, -0.2) is 76.6 Å². The first kappa shape index (κ1) is 26.7. The summed E-state index contributed by atoms with van der Waals surface area (Å²) in [7, 11) is 1.76. The fourth-order valence-electron chi connectivity index (χ4n) is 5.30. The molecule has 2 heterocycles. The number of nitrogens with zero attached hydrogens (tertiary/aromatic N) is 4. The molecule has 0 saturated carbocycles. The van der Waals surface area contributed by atoms with Gasteiger partial charge in [0.05, 0.1) is 13.1 Å². The second kappa shape index (κ2) is 12.7. The number of rotatable bonds is 10.